The van der Waals surface area contributed by atoms with Gasteiger partial charge in [0.2, 0.25) is 5.78 Å². The van der Waals surface area contributed by atoms with Gasteiger partial charge in [-0.1, -0.05) is 0 Å². The van der Waals surface area contributed by atoms with Crippen molar-refractivity contribution in [2.24, 2.45) is 0 Å². The molecule has 5 heteroatoms. The summed E-state index contributed by atoms with van der Waals surface area (Å²) in [5, 5.41) is 8.49. The molecule has 0 atom stereocenters. The van der Waals surface area contributed by atoms with Gasteiger partial charge in [0.1, 0.15) is 29.1 Å². The molecule has 3 rings (SSSR count). The van der Waals surface area contributed by atoms with Crippen LogP contribution in [0.15, 0.2) is 40.5 Å². The fourth-order valence-electron chi connectivity index (χ4n) is 2.03. The third kappa shape index (κ3) is 2.51. The molecule has 0 bridgehead atoms. The number of fused-ring (bicyclic) bond motifs is 1. The van der Waals surface area contributed by atoms with Crippen molar-refractivity contribution < 1.29 is 18.7 Å². The molecule has 0 radical (unpaired) electrons. The zero-order valence-corrected chi connectivity index (χ0v) is 11.3. The second kappa shape index (κ2) is 5.17. The van der Waals surface area contributed by atoms with Gasteiger partial charge in [-0.05, 0) is 31.2 Å². The number of carbonyl (C=O) groups is 1. The number of benzene rings is 1. The van der Waals surface area contributed by atoms with Crippen molar-refractivity contribution in [2.75, 3.05) is 6.61 Å². The Morgan fingerprint density at radius 3 is 2.90 bits per heavy atom. The number of hydrogen-bond donors (Lipinski definition) is 0. The average molecular weight is 281 g/mol. The summed E-state index contributed by atoms with van der Waals surface area (Å²) < 4.78 is 16.1. The lowest BCUT2D eigenvalue weighted by atomic mass is 10.1. The van der Waals surface area contributed by atoms with E-state index < -0.39 is 0 Å². The molecule has 0 amide bonds. The number of ether oxygens (including phenoxy) is 2. The van der Waals surface area contributed by atoms with Crippen LogP contribution in [0.2, 0.25) is 0 Å². The number of nitrogens with zero attached hydrogens (tertiary/aromatic N) is 1. The Labute approximate surface area is 121 Å². The SMILES string of the molecule is Cc1ccc(C=C2Oc3cc(OCC#N)ccc3C2=O)o1. The fraction of sp³-hybridized carbons (Fsp3) is 0.125. The van der Waals surface area contributed by atoms with Crippen molar-refractivity contribution in [3.63, 3.8) is 0 Å². The quantitative estimate of drug-likeness (QED) is 0.808. The van der Waals surface area contributed by atoms with E-state index in [1.807, 2.05) is 19.1 Å². The van der Waals surface area contributed by atoms with Gasteiger partial charge in [0.25, 0.3) is 0 Å². The zero-order chi connectivity index (χ0) is 14.8. The lowest BCUT2D eigenvalue weighted by molar-refractivity contribution is 0.101. The second-order valence-electron chi connectivity index (χ2n) is 4.49. The molecular formula is C16H11NO4. The van der Waals surface area contributed by atoms with Crippen LogP contribution in [0.25, 0.3) is 6.08 Å². The summed E-state index contributed by atoms with van der Waals surface area (Å²) in [4.78, 5) is 12.2. The maximum atomic E-state index is 12.2. The molecule has 104 valence electrons. The first kappa shape index (κ1) is 13.0. The van der Waals surface area contributed by atoms with Crippen molar-refractivity contribution in [1.82, 2.24) is 0 Å². The largest absolute Gasteiger partial charge is 0.479 e. The Kier molecular flexibility index (Phi) is 3.20. The number of rotatable bonds is 3. The van der Waals surface area contributed by atoms with Crippen LogP contribution in [0.3, 0.4) is 0 Å². The first-order valence-electron chi connectivity index (χ1n) is 6.32. The summed E-state index contributed by atoms with van der Waals surface area (Å²) in [7, 11) is 0. The van der Waals surface area contributed by atoms with Gasteiger partial charge >= 0.3 is 0 Å². The minimum atomic E-state index is -0.203. The van der Waals surface area contributed by atoms with E-state index in [9.17, 15) is 4.79 Å². The van der Waals surface area contributed by atoms with E-state index in [0.717, 1.165) is 5.76 Å². The third-order valence-corrected chi connectivity index (χ3v) is 2.98. The van der Waals surface area contributed by atoms with Crippen LogP contribution in [-0.2, 0) is 0 Å². The Balaban J connectivity index is 1.88. The molecule has 0 aliphatic carbocycles. The highest BCUT2D eigenvalue weighted by Gasteiger charge is 2.28. The smallest absolute Gasteiger partial charge is 0.232 e. The Morgan fingerprint density at radius 1 is 1.33 bits per heavy atom. The van der Waals surface area contributed by atoms with Gasteiger partial charge in [-0.3, -0.25) is 4.79 Å². The number of ketones is 1. The predicted molar refractivity (Wildman–Crippen MR) is 73.9 cm³/mol. The van der Waals surface area contributed by atoms with E-state index in [1.54, 1.807) is 30.3 Å². The summed E-state index contributed by atoms with van der Waals surface area (Å²) in [6, 6.07) is 10.3. The van der Waals surface area contributed by atoms with Crippen LogP contribution in [-0.4, -0.2) is 12.4 Å². The molecule has 1 aromatic heterocycles. The standard InChI is InChI=1S/C16H11NO4/c1-10-2-3-12(20-10)9-15-16(18)13-5-4-11(19-7-6-17)8-14(13)21-15/h2-5,8-9H,7H2,1H3. The van der Waals surface area contributed by atoms with Crippen molar-refractivity contribution in [3.05, 3.63) is 53.2 Å². The average Bonchev–Trinajstić information content (AvgIpc) is 3.01. The van der Waals surface area contributed by atoms with Gasteiger partial charge in [-0.2, -0.15) is 5.26 Å². The summed E-state index contributed by atoms with van der Waals surface area (Å²) >= 11 is 0. The number of furan rings is 1. The zero-order valence-electron chi connectivity index (χ0n) is 11.3. The normalized spacial score (nSPS) is 14.7. The lowest BCUT2D eigenvalue weighted by Gasteiger charge is -2.02. The number of Topliss-reactive ketones (excluding diaryl/α,β-unsaturated/α-hetero) is 1. The van der Waals surface area contributed by atoms with Crippen LogP contribution >= 0.6 is 0 Å². The van der Waals surface area contributed by atoms with E-state index in [0.29, 0.717) is 22.8 Å². The maximum absolute atomic E-state index is 12.2. The van der Waals surface area contributed by atoms with Crippen LogP contribution < -0.4 is 9.47 Å². The third-order valence-electron chi connectivity index (χ3n) is 2.98. The molecule has 0 spiro atoms. The summed E-state index contributed by atoms with van der Waals surface area (Å²) in [5.74, 6) is 2.23. The maximum Gasteiger partial charge on any atom is 0.232 e. The molecule has 0 unspecified atom stereocenters. The van der Waals surface area contributed by atoms with Gasteiger partial charge in [-0.15, -0.1) is 0 Å². The monoisotopic (exact) mass is 281 g/mol. The summed E-state index contributed by atoms with van der Waals surface area (Å²) in [6.45, 7) is 1.77. The number of nitriles is 1. The lowest BCUT2D eigenvalue weighted by Crippen LogP contribution is -1.97. The molecule has 0 N–H and O–H groups in total. The molecule has 2 aromatic rings. The minimum absolute atomic E-state index is 0.0545. The van der Waals surface area contributed by atoms with E-state index in [1.165, 1.54) is 0 Å². The van der Waals surface area contributed by atoms with Crippen molar-refractivity contribution in [1.29, 1.82) is 5.26 Å². The Bertz CT molecular complexity index is 780. The molecule has 21 heavy (non-hydrogen) atoms. The second-order valence-corrected chi connectivity index (χ2v) is 4.49. The van der Waals surface area contributed by atoms with Gasteiger partial charge < -0.3 is 13.9 Å². The van der Waals surface area contributed by atoms with E-state index in [-0.39, 0.29) is 18.1 Å². The van der Waals surface area contributed by atoms with Gasteiger partial charge in [0.15, 0.2) is 12.4 Å². The molecule has 0 saturated heterocycles. The summed E-state index contributed by atoms with van der Waals surface area (Å²) in [6.07, 6.45) is 1.56. The number of hydrogen-bond acceptors (Lipinski definition) is 5. The van der Waals surface area contributed by atoms with Crippen LogP contribution in [0.1, 0.15) is 21.9 Å². The highest BCUT2D eigenvalue weighted by atomic mass is 16.5. The van der Waals surface area contributed by atoms with Crippen molar-refractivity contribution in [3.8, 4) is 17.6 Å². The molecular weight excluding hydrogens is 270 g/mol. The van der Waals surface area contributed by atoms with Crippen LogP contribution in [0.4, 0.5) is 0 Å². The van der Waals surface area contributed by atoms with E-state index >= 15 is 0 Å². The molecule has 1 aliphatic heterocycles. The highest BCUT2D eigenvalue weighted by molar-refractivity contribution is 6.14. The molecule has 2 heterocycles. The molecule has 0 fully saturated rings. The molecule has 5 nitrogen and oxygen atoms in total. The number of allylic oxidation sites excluding steroid dienone is 1. The van der Waals surface area contributed by atoms with Crippen LogP contribution in [0, 0.1) is 18.3 Å². The summed E-state index contributed by atoms with van der Waals surface area (Å²) in [5.41, 5.74) is 0.467. The Morgan fingerprint density at radius 2 is 2.19 bits per heavy atom. The minimum Gasteiger partial charge on any atom is -0.479 e. The number of aryl methyl sites for hydroxylation is 1. The van der Waals surface area contributed by atoms with Crippen molar-refractivity contribution in [2.45, 2.75) is 6.92 Å². The first-order valence-corrected chi connectivity index (χ1v) is 6.32. The molecule has 0 saturated carbocycles. The topological polar surface area (TPSA) is 72.5 Å². The molecule has 1 aromatic carbocycles. The predicted octanol–water partition coefficient (Wildman–Crippen LogP) is 3.11. The first-order chi connectivity index (χ1) is 10.2. The fourth-order valence-corrected chi connectivity index (χ4v) is 2.03. The van der Waals surface area contributed by atoms with Gasteiger partial charge in [-0.25, -0.2) is 0 Å². The Hall–Kier alpha value is -3.00. The van der Waals surface area contributed by atoms with E-state index in [2.05, 4.69) is 0 Å². The number of carbonyl (C=O) groups excluding carboxylic acids is 1. The van der Waals surface area contributed by atoms with Crippen molar-refractivity contribution >= 4 is 11.9 Å². The van der Waals surface area contributed by atoms with E-state index in [4.69, 9.17) is 19.2 Å². The molecule has 1 aliphatic rings. The van der Waals surface area contributed by atoms with Crippen LogP contribution in [0.5, 0.6) is 11.5 Å². The van der Waals surface area contributed by atoms with Gasteiger partial charge in [0, 0.05) is 12.1 Å². The van der Waals surface area contributed by atoms with Gasteiger partial charge in [0.05, 0.1) is 5.56 Å². The highest BCUT2D eigenvalue weighted by Crippen LogP contribution is 2.34.